The average Bonchev–Trinajstić information content (AvgIpc) is 2.59. The standard InChI is InChI=1S/C19H21FN2O2/c1-14(2)22(13-16-6-4-3-5-7-16)19(24)18(23)21-12-15-8-10-17(20)11-9-15/h3-11,14H,12-13H2,1-2H3,(H,21,23). The topological polar surface area (TPSA) is 49.4 Å². The summed E-state index contributed by atoms with van der Waals surface area (Å²) in [6.07, 6.45) is 0. The van der Waals surface area contributed by atoms with E-state index in [1.165, 1.54) is 17.0 Å². The molecule has 5 heteroatoms. The highest BCUT2D eigenvalue weighted by Crippen LogP contribution is 2.09. The molecule has 2 rings (SSSR count). The van der Waals surface area contributed by atoms with Gasteiger partial charge in [0.15, 0.2) is 0 Å². The first kappa shape index (κ1) is 17.7. The quantitative estimate of drug-likeness (QED) is 0.858. The number of hydrogen-bond donors (Lipinski definition) is 1. The van der Waals surface area contributed by atoms with E-state index in [-0.39, 0.29) is 18.4 Å². The Bertz CT molecular complexity index is 684. The second kappa shape index (κ2) is 8.24. The van der Waals surface area contributed by atoms with Crippen LogP contribution in [0.1, 0.15) is 25.0 Å². The SMILES string of the molecule is CC(C)N(Cc1ccccc1)C(=O)C(=O)NCc1ccc(F)cc1. The van der Waals surface area contributed by atoms with Crippen LogP contribution in [0.5, 0.6) is 0 Å². The van der Waals surface area contributed by atoms with Gasteiger partial charge in [-0.3, -0.25) is 9.59 Å². The van der Waals surface area contributed by atoms with Gasteiger partial charge in [0, 0.05) is 19.1 Å². The Morgan fingerprint density at radius 2 is 1.62 bits per heavy atom. The van der Waals surface area contributed by atoms with Crippen LogP contribution in [0.15, 0.2) is 54.6 Å². The molecular weight excluding hydrogens is 307 g/mol. The summed E-state index contributed by atoms with van der Waals surface area (Å²) in [6, 6.07) is 15.2. The molecule has 0 aliphatic rings. The second-order valence-corrected chi connectivity index (χ2v) is 5.82. The van der Waals surface area contributed by atoms with Crippen LogP contribution in [-0.4, -0.2) is 22.8 Å². The molecular formula is C19H21FN2O2. The highest BCUT2D eigenvalue weighted by atomic mass is 19.1. The van der Waals surface area contributed by atoms with Crippen molar-refractivity contribution in [3.63, 3.8) is 0 Å². The van der Waals surface area contributed by atoms with Crippen LogP contribution in [0.3, 0.4) is 0 Å². The summed E-state index contributed by atoms with van der Waals surface area (Å²) in [6.45, 7) is 4.30. The van der Waals surface area contributed by atoms with E-state index in [4.69, 9.17) is 0 Å². The molecule has 2 amide bonds. The van der Waals surface area contributed by atoms with Gasteiger partial charge in [-0.15, -0.1) is 0 Å². The van der Waals surface area contributed by atoms with Crippen LogP contribution in [0.2, 0.25) is 0 Å². The lowest BCUT2D eigenvalue weighted by Crippen LogP contribution is -2.45. The number of halogens is 1. The van der Waals surface area contributed by atoms with Gasteiger partial charge in [-0.05, 0) is 37.1 Å². The number of hydrogen-bond acceptors (Lipinski definition) is 2. The van der Waals surface area contributed by atoms with Gasteiger partial charge in [0.2, 0.25) is 0 Å². The molecule has 0 saturated carbocycles. The Hall–Kier alpha value is -2.69. The maximum absolute atomic E-state index is 12.9. The molecule has 4 nitrogen and oxygen atoms in total. The summed E-state index contributed by atoms with van der Waals surface area (Å²) < 4.78 is 12.9. The molecule has 0 heterocycles. The minimum absolute atomic E-state index is 0.103. The summed E-state index contributed by atoms with van der Waals surface area (Å²) >= 11 is 0. The van der Waals surface area contributed by atoms with Gasteiger partial charge in [0.05, 0.1) is 0 Å². The van der Waals surface area contributed by atoms with Crippen LogP contribution < -0.4 is 5.32 Å². The lowest BCUT2D eigenvalue weighted by Gasteiger charge is -2.26. The molecule has 0 spiro atoms. The molecule has 126 valence electrons. The van der Waals surface area contributed by atoms with Crippen molar-refractivity contribution in [2.24, 2.45) is 0 Å². The molecule has 0 unspecified atom stereocenters. The van der Waals surface area contributed by atoms with E-state index in [1.54, 1.807) is 12.1 Å². The Morgan fingerprint density at radius 3 is 2.21 bits per heavy atom. The van der Waals surface area contributed by atoms with E-state index in [0.29, 0.717) is 6.54 Å². The zero-order valence-corrected chi connectivity index (χ0v) is 13.8. The molecule has 0 radical (unpaired) electrons. The lowest BCUT2D eigenvalue weighted by molar-refractivity contribution is -0.147. The molecule has 2 aromatic rings. The highest BCUT2D eigenvalue weighted by molar-refractivity contribution is 6.35. The van der Waals surface area contributed by atoms with E-state index in [0.717, 1.165) is 11.1 Å². The largest absolute Gasteiger partial charge is 0.344 e. The number of nitrogens with one attached hydrogen (secondary N) is 1. The fraction of sp³-hybridized carbons (Fsp3) is 0.263. The van der Waals surface area contributed by atoms with Crippen molar-refractivity contribution in [1.82, 2.24) is 10.2 Å². The van der Waals surface area contributed by atoms with Gasteiger partial charge in [-0.1, -0.05) is 42.5 Å². The fourth-order valence-electron chi connectivity index (χ4n) is 2.26. The number of amides is 2. The van der Waals surface area contributed by atoms with Gasteiger partial charge in [-0.2, -0.15) is 0 Å². The van der Waals surface area contributed by atoms with Crippen molar-refractivity contribution in [1.29, 1.82) is 0 Å². The van der Waals surface area contributed by atoms with E-state index in [9.17, 15) is 14.0 Å². The zero-order chi connectivity index (χ0) is 17.5. The number of benzene rings is 2. The maximum atomic E-state index is 12.9. The number of nitrogens with zero attached hydrogens (tertiary/aromatic N) is 1. The monoisotopic (exact) mass is 328 g/mol. The number of carbonyl (C=O) groups excluding carboxylic acids is 2. The van der Waals surface area contributed by atoms with E-state index < -0.39 is 11.8 Å². The van der Waals surface area contributed by atoms with Crippen molar-refractivity contribution in [3.05, 3.63) is 71.5 Å². The summed E-state index contributed by atoms with van der Waals surface area (Å²) in [7, 11) is 0. The van der Waals surface area contributed by atoms with Crippen LogP contribution in [0.25, 0.3) is 0 Å². The summed E-state index contributed by atoms with van der Waals surface area (Å²) in [5.41, 5.74) is 1.70. The molecule has 0 fully saturated rings. The highest BCUT2D eigenvalue weighted by Gasteiger charge is 2.24. The summed E-state index contributed by atoms with van der Waals surface area (Å²) in [4.78, 5) is 26.1. The van der Waals surface area contributed by atoms with Crippen molar-refractivity contribution in [3.8, 4) is 0 Å². The van der Waals surface area contributed by atoms with Crippen molar-refractivity contribution >= 4 is 11.8 Å². The van der Waals surface area contributed by atoms with Gasteiger partial charge < -0.3 is 10.2 Å². The normalized spacial score (nSPS) is 10.5. The third-order valence-electron chi connectivity index (χ3n) is 3.64. The average molecular weight is 328 g/mol. The van der Waals surface area contributed by atoms with Crippen LogP contribution in [-0.2, 0) is 22.7 Å². The first-order valence-electron chi connectivity index (χ1n) is 7.84. The van der Waals surface area contributed by atoms with Crippen molar-refractivity contribution in [2.75, 3.05) is 0 Å². The first-order chi connectivity index (χ1) is 11.5. The Labute approximate surface area is 141 Å². The van der Waals surface area contributed by atoms with Gasteiger partial charge in [0.25, 0.3) is 0 Å². The Morgan fingerprint density at radius 1 is 1.00 bits per heavy atom. The van der Waals surface area contributed by atoms with Gasteiger partial charge in [0.1, 0.15) is 5.82 Å². The predicted octanol–water partition coefficient (Wildman–Crippen LogP) is 2.88. The number of rotatable bonds is 5. The third kappa shape index (κ3) is 4.91. The Balaban J connectivity index is 1.98. The Kier molecular flexibility index (Phi) is 6.07. The molecule has 1 N–H and O–H groups in total. The summed E-state index contributed by atoms with van der Waals surface area (Å²) in [5.74, 6) is -1.57. The molecule has 2 aromatic carbocycles. The second-order valence-electron chi connectivity index (χ2n) is 5.82. The van der Waals surface area contributed by atoms with E-state index in [2.05, 4.69) is 5.32 Å². The lowest BCUT2D eigenvalue weighted by atomic mass is 10.2. The molecule has 0 bridgehead atoms. The predicted molar refractivity (Wildman–Crippen MR) is 90.4 cm³/mol. The van der Waals surface area contributed by atoms with Crippen molar-refractivity contribution in [2.45, 2.75) is 33.0 Å². The third-order valence-corrected chi connectivity index (χ3v) is 3.64. The molecule has 0 atom stereocenters. The van der Waals surface area contributed by atoms with Crippen LogP contribution >= 0.6 is 0 Å². The van der Waals surface area contributed by atoms with Crippen molar-refractivity contribution < 1.29 is 14.0 Å². The minimum atomic E-state index is -0.663. The smallest absolute Gasteiger partial charge is 0.312 e. The number of carbonyl (C=O) groups is 2. The molecule has 0 aliphatic carbocycles. The molecule has 0 saturated heterocycles. The summed E-state index contributed by atoms with van der Waals surface area (Å²) in [5, 5.41) is 2.59. The maximum Gasteiger partial charge on any atom is 0.312 e. The van der Waals surface area contributed by atoms with Crippen LogP contribution in [0, 0.1) is 5.82 Å². The molecule has 0 aromatic heterocycles. The van der Waals surface area contributed by atoms with Crippen LogP contribution in [0.4, 0.5) is 4.39 Å². The minimum Gasteiger partial charge on any atom is -0.344 e. The molecule has 24 heavy (non-hydrogen) atoms. The first-order valence-corrected chi connectivity index (χ1v) is 7.84. The van der Waals surface area contributed by atoms with Gasteiger partial charge >= 0.3 is 11.8 Å². The van der Waals surface area contributed by atoms with E-state index >= 15 is 0 Å². The zero-order valence-electron chi connectivity index (χ0n) is 13.8. The van der Waals surface area contributed by atoms with E-state index in [1.807, 2.05) is 44.2 Å². The van der Waals surface area contributed by atoms with Gasteiger partial charge in [-0.25, -0.2) is 4.39 Å². The fourth-order valence-corrected chi connectivity index (χ4v) is 2.26. The molecule has 0 aliphatic heterocycles.